The summed E-state index contributed by atoms with van der Waals surface area (Å²) < 4.78 is 2.20. The fourth-order valence-electron chi connectivity index (χ4n) is 1.81. The van der Waals surface area contributed by atoms with Gasteiger partial charge in [0.05, 0.1) is 5.69 Å². The molecule has 1 aromatic rings. The lowest BCUT2D eigenvalue weighted by Gasteiger charge is -2.16. The Morgan fingerprint density at radius 1 is 1.36 bits per heavy atom. The zero-order valence-electron chi connectivity index (χ0n) is 10.1. The first kappa shape index (κ1) is 11.2. The molecule has 0 radical (unpaired) electrons. The minimum Gasteiger partial charge on any atom is -0.335 e. The summed E-state index contributed by atoms with van der Waals surface area (Å²) in [5.74, 6) is 1.68. The second kappa shape index (κ2) is 4.13. The number of rotatable bonds is 3. The molecule has 0 saturated carbocycles. The van der Waals surface area contributed by atoms with E-state index in [4.69, 9.17) is 0 Å². The van der Waals surface area contributed by atoms with Crippen LogP contribution in [0.25, 0.3) is 0 Å². The van der Waals surface area contributed by atoms with Crippen molar-refractivity contribution in [1.82, 2.24) is 14.5 Å². The van der Waals surface area contributed by atoms with Gasteiger partial charge >= 0.3 is 0 Å². The van der Waals surface area contributed by atoms with Crippen molar-refractivity contribution in [3.8, 4) is 0 Å². The molecule has 14 heavy (non-hydrogen) atoms. The molecule has 0 aliphatic heterocycles. The van der Waals surface area contributed by atoms with Crippen molar-refractivity contribution in [2.75, 3.05) is 20.6 Å². The van der Waals surface area contributed by atoms with Gasteiger partial charge in [0.2, 0.25) is 0 Å². The Hall–Kier alpha value is -0.830. The zero-order chi connectivity index (χ0) is 10.9. The van der Waals surface area contributed by atoms with E-state index in [1.807, 2.05) is 0 Å². The standard InChI is InChI=1S/C11H21N3/c1-8(7-13(4)5)11-12-9(2)10(3)14(11)6/h8H,7H2,1-6H3. The lowest BCUT2D eigenvalue weighted by atomic mass is 10.1. The van der Waals surface area contributed by atoms with E-state index >= 15 is 0 Å². The van der Waals surface area contributed by atoms with Crippen molar-refractivity contribution in [3.63, 3.8) is 0 Å². The first-order valence-corrected chi connectivity index (χ1v) is 5.08. The second-order valence-corrected chi connectivity index (χ2v) is 4.36. The fraction of sp³-hybridized carbons (Fsp3) is 0.727. The summed E-state index contributed by atoms with van der Waals surface area (Å²) in [4.78, 5) is 6.80. The minimum atomic E-state index is 0.488. The molecule has 1 aromatic heterocycles. The second-order valence-electron chi connectivity index (χ2n) is 4.36. The monoisotopic (exact) mass is 195 g/mol. The summed E-state index contributed by atoms with van der Waals surface area (Å²) >= 11 is 0. The Labute approximate surface area is 86.7 Å². The fourth-order valence-corrected chi connectivity index (χ4v) is 1.81. The van der Waals surface area contributed by atoms with Crippen LogP contribution in [0.1, 0.15) is 30.1 Å². The Balaban J connectivity index is 2.90. The first-order chi connectivity index (χ1) is 6.43. The largest absolute Gasteiger partial charge is 0.335 e. The average Bonchev–Trinajstić information content (AvgIpc) is 2.32. The molecule has 3 nitrogen and oxygen atoms in total. The Bertz CT molecular complexity index is 313. The molecule has 1 heterocycles. The van der Waals surface area contributed by atoms with Crippen LogP contribution in [-0.4, -0.2) is 35.1 Å². The zero-order valence-corrected chi connectivity index (χ0v) is 10.1. The van der Waals surface area contributed by atoms with Crippen LogP contribution in [0.4, 0.5) is 0 Å². The van der Waals surface area contributed by atoms with Crippen molar-refractivity contribution in [2.24, 2.45) is 7.05 Å². The number of hydrogen-bond donors (Lipinski definition) is 0. The lowest BCUT2D eigenvalue weighted by molar-refractivity contribution is 0.373. The Kier molecular flexibility index (Phi) is 3.32. The van der Waals surface area contributed by atoms with Gasteiger partial charge in [-0.1, -0.05) is 6.92 Å². The molecule has 0 aliphatic carbocycles. The predicted molar refractivity (Wildman–Crippen MR) is 59.7 cm³/mol. The van der Waals surface area contributed by atoms with Crippen LogP contribution >= 0.6 is 0 Å². The molecule has 0 fully saturated rings. The minimum absolute atomic E-state index is 0.488. The smallest absolute Gasteiger partial charge is 0.113 e. The van der Waals surface area contributed by atoms with E-state index in [2.05, 4.69) is 56.4 Å². The molecule has 80 valence electrons. The van der Waals surface area contributed by atoms with E-state index in [-0.39, 0.29) is 0 Å². The average molecular weight is 195 g/mol. The third kappa shape index (κ3) is 2.15. The van der Waals surface area contributed by atoms with Gasteiger partial charge in [0.15, 0.2) is 0 Å². The highest BCUT2D eigenvalue weighted by molar-refractivity contribution is 5.15. The van der Waals surface area contributed by atoms with Gasteiger partial charge in [-0.05, 0) is 27.9 Å². The van der Waals surface area contributed by atoms with E-state index in [9.17, 15) is 0 Å². The van der Waals surface area contributed by atoms with Crippen molar-refractivity contribution < 1.29 is 0 Å². The number of hydrogen-bond acceptors (Lipinski definition) is 2. The van der Waals surface area contributed by atoms with Gasteiger partial charge in [-0.3, -0.25) is 0 Å². The van der Waals surface area contributed by atoms with Crippen LogP contribution in [0.3, 0.4) is 0 Å². The van der Waals surface area contributed by atoms with Gasteiger partial charge in [-0.2, -0.15) is 0 Å². The molecule has 0 N–H and O–H groups in total. The maximum Gasteiger partial charge on any atom is 0.113 e. The van der Waals surface area contributed by atoms with Gasteiger partial charge in [0.25, 0.3) is 0 Å². The quantitative estimate of drug-likeness (QED) is 0.732. The lowest BCUT2D eigenvalue weighted by Crippen LogP contribution is -2.20. The first-order valence-electron chi connectivity index (χ1n) is 5.08. The topological polar surface area (TPSA) is 21.1 Å². The number of imidazole rings is 1. The van der Waals surface area contributed by atoms with Crippen molar-refractivity contribution in [2.45, 2.75) is 26.7 Å². The van der Waals surface area contributed by atoms with Crippen LogP contribution < -0.4 is 0 Å². The highest BCUT2D eigenvalue weighted by Gasteiger charge is 2.14. The summed E-state index contributed by atoms with van der Waals surface area (Å²) in [6.07, 6.45) is 0. The van der Waals surface area contributed by atoms with Crippen LogP contribution in [0.15, 0.2) is 0 Å². The molecule has 1 unspecified atom stereocenters. The molecule has 1 rings (SSSR count). The van der Waals surface area contributed by atoms with Gasteiger partial charge in [-0.25, -0.2) is 4.98 Å². The Morgan fingerprint density at radius 2 is 1.93 bits per heavy atom. The maximum absolute atomic E-state index is 4.60. The number of likely N-dealkylation sites (N-methyl/N-ethyl adjacent to an activating group) is 1. The van der Waals surface area contributed by atoms with E-state index in [1.165, 1.54) is 11.5 Å². The highest BCUT2D eigenvalue weighted by Crippen LogP contribution is 2.17. The van der Waals surface area contributed by atoms with Crippen molar-refractivity contribution in [3.05, 3.63) is 17.2 Å². The summed E-state index contributed by atoms with van der Waals surface area (Å²) in [6, 6.07) is 0. The van der Waals surface area contributed by atoms with Crippen LogP contribution in [-0.2, 0) is 7.05 Å². The van der Waals surface area contributed by atoms with Gasteiger partial charge in [0.1, 0.15) is 5.82 Å². The van der Waals surface area contributed by atoms with Crippen molar-refractivity contribution >= 4 is 0 Å². The molecule has 0 aromatic carbocycles. The SMILES string of the molecule is Cc1nc(C(C)CN(C)C)n(C)c1C. The maximum atomic E-state index is 4.60. The molecule has 0 spiro atoms. The highest BCUT2D eigenvalue weighted by atomic mass is 15.1. The summed E-state index contributed by atoms with van der Waals surface area (Å²) in [6.45, 7) is 7.46. The molecule has 0 saturated heterocycles. The van der Waals surface area contributed by atoms with Gasteiger partial charge in [0, 0.05) is 25.2 Å². The third-order valence-electron chi connectivity index (χ3n) is 2.73. The van der Waals surface area contributed by atoms with Crippen molar-refractivity contribution in [1.29, 1.82) is 0 Å². The van der Waals surface area contributed by atoms with Gasteiger partial charge < -0.3 is 9.47 Å². The number of aromatic nitrogens is 2. The molecule has 0 aliphatic rings. The molecule has 3 heteroatoms. The van der Waals surface area contributed by atoms with Crippen LogP contribution in [0.5, 0.6) is 0 Å². The van der Waals surface area contributed by atoms with Crippen LogP contribution in [0, 0.1) is 13.8 Å². The molecular weight excluding hydrogens is 174 g/mol. The van der Waals surface area contributed by atoms with E-state index in [0.717, 1.165) is 12.2 Å². The molecule has 0 bridgehead atoms. The Morgan fingerprint density at radius 3 is 2.29 bits per heavy atom. The molecule has 0 amide bonds. The summed E-state index contributed by atoms with van der Waals surface area (Å²) in [5, 5.41) is 0. The van der Waals surface area contributed by atoms with E-state index in [0.29, 0.717) is 5.92 Å². The molecule has 1 atom stereocenters. The van der Waals surface area contributed by atoms with Gasteiger partial charge in [-0.15, -0.1) is 0 Å². The predicted octanol–water partition coefficient (Wildman–Crippen LogP) is 1.70. The number of aryl methyl sites for hydroxylation is 1. The summed E-state index contributed by atoms with van der Waals surface area (Å²) in [7, 11) is 6.29. The normalized spacial score (nSPS) is 13.6. The van der Waals surface area contributed by atoms with E-state index < -0.39 is 0 Å². The number of nitrogens with zero attached hydrogens (tertiary/aromatic N) is 3. The van der Waals surface area contributed by atoms with E-state index in [1.54, 1.807) is 0 Å². The third-order valence-corrected chi connectivity index (χ3v) is 2.73. The van der Waals surface area contributed by atoms with Crippen LogP contribution in [0.2, 0.25) is 0 Å². The summed E-state index contributed by atoms with van der Waals surface area (Å²) in [5.41, 5.74) is 2.42. The molecular formula is C11H21N3.